The first-order valence-corrected chi connectivity index (χ1v) is 8.04. The van der Waals surface area contributed by atoms with Gasteiger partial charge in [0, 0.05) is 12.6 Å². The molecule has 0 saturated carbocycles. The number of nitrogens with two attached hydrogens (primary N) is 1. The third-order valence-corrected chi connectivity index (χ3v) is 3.84. The molecular weight excluding hydrogens is 348 g/mol. The largest absolute Gasteiger partial charge is 0.363 e. The molecule has 0 bridgehead atoms. The minimum Gasteiger partial charge on any atom is -0.363 e. The van der Waals surface area contributed by atoms with E-state index < -0.39 is 23.6 Å². The van der Waals surface area contributed by atoms with Crippen molar-refractivity contribution in [1.82, 2.24) is 25.3 Å². The van der Waals surface area contributed by atoms with Crippen LogP contribution in [0.1, 0.15) is 16.1 Å². The predicted molar refractivity (Wildman–Crippen MR) is 95.2 cm³/mol. The van der Waals surface area contributed by atoms with E-state index in [1.54, 1.807) is 30.3 Å². The van der Waals surface area contributed by atoms with Crippen molar-refractivity contribution >= 4 is 17.6 Å². The van der Waals surface area contributed by atoms with Crippen molar-refractivity contribution in [3.63, 3.8) is 0 Å². The zero-order valence-electron chi connectivity index (χ0n) is 14.1. The van der Waals surface area contributed by atoms with Gasteiger partial charge in [0.2, 0.25) is 5.78 Å². The maximum absolute atomic E-state index is 12.7. The van der Waals surface area contributed by atoms with Crippen LogP contribution in [-0.4, -0.2) is 43.6 Å². The molecule has 1 unspecified atom stereocenters. The highest BCUT2D eigenvalue weighted by atomic mass is 16.2. The monoisotopic (exact) mass is 364 g/mol. The quantitative estimate of drug-likeness (QED) is 0.513. The lowest BCUT2D eigenvalue weighted by atomic mass is 10.0. The molecule has 0 fully saturated rings. The van der Waals surface area contributed by atoms with Gasteiger partial charge in [0.25, 0.3) is 11.8 Å². The van der Waals surface area contributed by atoms with Gasteiger partial charge in [0.05, 0.1) is 12.0 Å². The van der Waals surface area contributed by atoms with Crippen molar-refractivity contribution in [2.75, 3.05) is 0 Å². The molecule has 4 N–H and O–H groups in total. The van der Waals surface area contributed by atoms with Gasteiger partial charge in [0.1, 0.15) is 23.8 Å². The topological polar surface area (TPSA) is 144 Å². The van der Waals surface area contributed by atoms with Gasteiger partial charge in [-0.3, -0.25) is 14.4 Å². The summed E-state index contributed by atoms with van der Waals surface area (Å²) >= 11 is 0. The number of primary amides is 1. The van der Waals surface area contributed by atoms with Gasteiger partial charge < -0.3 is 16.0 Å². The highest BCUT2D eigenvalue weighted by Crippen LogP contribution is 2.17. The minimum absolute atomic E-state index is 0.115. The number of imidazole rings is 1. The molecule has 136 valence electrons. The number of rotatable bonds is 7. The maximum atomic E-state index is 12.7. The molecule has 27 heavy (non-hydrogen) atoms. The molecule has 0 aliphatic heterocycles. The summed E-state index contributed by atoms with van der Waals surface area (Å²) in [6.07, 6.45) is 4.33. The van der Waals surface area contributed by atoms with Crippen LogP contribution < -0.4 is 11.1 Å². The number of aromatic amines is 1. The van der Waals surface area contributed by atoms with E-state index in [-0.39, 0.29) is 12.1 Å². The number of amides is 2. The molecule has 2 aromatic heterocycles. The van der Waals surface area contributed by atoms with E-state index in [1.807, 2.05) is 6.07 Å². The molecule has 2 amide bonds. The molecule has 0 aliphatic carbocycles. The smallest absolute Gasteiger partial charge is 0.287 e. The number of Topliss-reactive ketones (excluding diaryl/α,β-unsaturated/α-hetero) is 1. The van der Waals surface area contributed by atoms with Gasteiger partial charge in [-0.05, 0) is 11.6 Å². The van der Waals surface area contributed by atoms with Crippen molar-refractivity contribution in [2.24, 2.45) is 5.73 Å². The van der Waals surface area contributed by atoms with Crippen LogP contribution in [0.25, 0.3) is 11.4 Å². The van der Waals surface area contributed by atoms with E-state index >= 15 is 0 Å². The second-order valence-electron chi connectivity index (χ2n) is 5.67. The van der Waals surface area contributed by atoms with E-state index in [0.717, 1.165) is 5.56 Å². The summed E-state index contributed by atoms with van der Waals surface area (Å²) in [5.41, 5.74) is 6.77. The summed E-state index contributed by atoms with van der Waals surface area (Å²) in [6.45, 7) is 0. The van der Waals surface area contributed by atoms with E-state index in [9.17, 15) is 14.4 Å². The standard InChI is InChI=1S/C18H16N6O3/c19-17(26)16(25)13(8-11-4-2-1-3-5-11)24-18(27)15-14(22-10-23-15)12-6-7-20-9-21-12/h1-7,9-10,13H,8H2,(H2,19,26)(H,22,23)(H,24,27). The Kier molecular flexibility index (Phi) is 5.31. The first kappa shape index (κ1) is 17.9. The first-order valence-electron chi connectivity index (χ1n) is 8.04. The van der Waals surface area contributed by atoms with Crippen LogP contribution in [0, 0.1) is 0 Å². The summed E-state index contributed by atoms with van der Waals surface area (Å²) < 4.78 is 0. The van der Waals surface area contributed by atoms with Gasteiger partial charge >= 0.3 is 0 Å². The number of nitrogens with one attached hydrogen (secondary N) is 2. The number of hydrogen-bond donors (Lipinski definition) is 3. The number of hydrogen-bond acceptors (Lipinski definition) is 6. The van der Waals surface area contributed by atoms with E-state index in [0.29, 0.717) is 11.4 Å². The SMILES string of the molecule is NC(=O)C(=O)C(Cc1ccccc1)NC(=O)c1[nH]cnc1-c1ccncn1. The molecule has 9 heteroatoms. The molecule has 2 heterocycles. The lowest BCUT2D eigenvalue weighted by molar-refractivity contribution is -0.137. The molecule has 0 spiro atoms. The molecule has 0 aliphatic rings. The van der Waals surface area contributed by atoms with Gasteiger partial charge in [0.15, 0.2) is 0 Å². The second-order valence-corrected chi connectivity index (χ2v) is 5.67. The van der Waals surface area contributed by atoms with Gasteiger partial charge in [-0.2, -0.15) is 0 Å². The van der Waals surface area contributed by atoms with E-state index in [2.05, 4.69) is 25.3 Å². The van der Waals surface area contributed by atoms with Crippen molar-refractivity contribution in [3.8, 4) is 11.4 Å². The molecule has 1 aromatic carbocycles. The third-order valence-electron chi connectivity index (χ3n) is 3.84. The van der Waals surface area contributed by atoms with Gasteiger partial charge in [-0.1, -0.05) is 30.3 Å². The van der Waals surface area contributed by atoms with Crippen LogP contribution >= 0.6 is 0 Å². The second kappa shape index (κ2) is 8.00. The Morgan fingerprint density at radius 1 is 1.11 bits per heavy atom. The fourth-order valence-electron chi connectivity index (χ4n) is 2.55. The molecule has 3 aromatic rings. The first-order chi connectivity index (χ1) is 13.1. The Balaban J connectivity index is 1.84. The summed E-state index contributed by atoms with van der Waals surface area (Å²) in [5.74, 6) is -2.59. The number of carbonyl (C=O) groups excluding carboxylic acids is 3. The predicted octanol–water partition coefficient (Wildman–Crippen LogP) is 0.262. The minimum atomic E-state index is -1.11. The fourth-order valence-corrected chi connectivity index (χ4v) is 2.55. The molecular formula is C18H16N6O3. The van der Waals surface area contributed by atoms with Crippen molar-refractivity contribution in [2.45, 2.75) is 12.5 Å². The van der Waals surface area contributed by atoms with Crippen LogP contribution in [0.2, 0.25) is 0 Å². The Morgan fingerprint density at radius 2 is 1.89 bits per heavy atom. The molecule has 1 atom stereocenters. The lowest BCUT2D eigenvalue weighted by Gasteiger charge is -2.16. The normalized spacial score (nSPS) is 11.6. The van der Waals surface area contributed by atoms with E-state index in [1.165, 1.54) is 18.9 Å². The van der Waals surface area contributed by atoms with Crippen LogP contribution in [0.4, 0.5) is 0 Å². The summed E-state index contributed by atoms with van der Waals surface area (Å²) in [6, 6.07) is 9.50. The third kappa shape index (κ3) is 4.21. The maximum Gasteiger partial charge on any atom is 0.287 e. The summed E-state index contributed by atoms with van der Waals surface area (Å²) in [5, 5.41) is 2.56. The van der Waals surface area contributed by atoms with Gasteiger partial charge in [-0.25, -0.2) is 15.0 Å². The number of aromatic nitrogens is 4. The van der Waals surface area contributed by atoms with E-state index in [4.69, 9.17) is 5.73 Å². The molecule has 0 saturated heterocycles. The van der Waals surface area contributed by atoms with Crippen molar-refractivity contribution in [1.29, 1.82) is 0 Å². The lowest BCUT2D eigenvalue weighted by Crippen LogP contribution is -2.47. The van der Waals surface area contributed by atoms with Crippen LogP contribution in [0.15, 0.2) is 55.2 Å². The Labute approximate surface area is 154 Å². The van der Waals surface area contributed by atoms with Crippen LogP contribution in [0.3, 0.4) is 0 Å². The number of H-pyrrole nitrogens is 1. The van der Waals surface area contributed by atoms with Crippen LogP contribution in [-0.2, 0) is 16.0 Å². The molecule has 0 radical (unpaired) electrons. The summed E-state index contributed by atoms with van der Waals surface area (Å²) in [7, 11) is 0. The average molecular weight is 364 g/mol. The van der Waals surface area contributed by atoms with Gasteiger partial charge in [-0.15, -0.1) is 0 Å². The zero-order valence-corrected chi connectivity index (χ0v) is 14.1. The highest BCUT2D eigenvalue weighted by Gasteiger charge is 2.27. The Morgan fingerprint density at radius 3 is 2.56 bits per heavy atom. The Hall–Kier alpha value is -3.88. The number of benzene rings is 1. The van der Waals surface area contributed by atoms with Crippen LogP contribution in [0.5, 0.6) is 0 Å². The zero-order chi connectivity index (χ0) is 19.2. The number of nitrogens with zero attached hydrogens (tertiary/aromatic N) is 3. The fraction of sp³-hybridized carbons (Fsp3) is 0.111. The number of ketones is 1. The number of carbonyl (C=O) groups is 3. The Bertz CT molecular complexity index is 955. The summed E-state index contributed by atoms with van der Waals surface area (Å²) in [4.78, 5) is 50.9. The highest BCUT2D eigenvalue weighted by molar-refractivity contribution is 6.38. The average Bonchev–Trinajstić information content (AvgIpc) is 3.18. The van der Waals surface area contributed by atoms with Crippen molar-refractivity contribution in [3.05, 3.63) is 66.5 Å². The molecule has 3 rings (SSSR count). The molecule has 9 nitrogen and oxygen atoms in total. The van der Waals surface area contributed by atoms with Crippen molar-refractivity contribution < 1.29 is 14.4 Å².